The number of nitrogens with two attached hydrogens (primary N) is 1. The van der Waals surface area contributed by atoms with Gasteiger partial charge in [0.2, 0.25) is 5.91 Å². The Labute approximate surface area is 280 Å². The molecule has 5 fully saturated rings. The smallest absolute Gasteiger partial charge is 0.322 e. The molecule has 6 aliphatic heterocycles. The minimum atomic E-state index is -0.724. The number of likely N-dealkylation sites (tertiary alicyclic amines) is 1. The molecule has 2 atom stereocenters. The summed E-state index contributed by atoms with van der Waals surface area (Å²) in [6, 6.07) is 5.29. The van der Waals surface area contributed by atoms with Crippen molar-refractivity contribution >= 4 is 52.3 Å². The number of carbonyl (C=O) groups is 3. The SMILES string of the molecule is Cc1cc(C[C@@H](NC(=O)N2CCC(N3Cc4sccc4NC3=O)CC2)C(=O)N2CCN(C3CN4CCC3CC4)CC2)cc(Cl)c1N. The number of carbonyl (C=O) groups excluding carboxylic acids is 3. The van der Waals surface area contributed by atoms with Crippen LogP contribution in [-0.2, 0) is 17.8 Å². The summed E-state index contributed by atoms with van der Waals surface area (Å²) < 4.78 is 0. The lowest BCUT2D eigenvalue weighted by Crippen LogP contribution is -2.63. The largest absolute Gasteiger partial charge is 0.397 e. The Morgan fingerprint density at radius 3 is 2.46 bits per heavy atom. The second kappa shape index (κ2) is 13.2. The number of halogens is 1. The molecule has 13 heteroatoms. The van der Waals surface area contributed by atoms with Crippen molar-refractivity contribution in [1.82, 2.24) is 29.8 Å². The van der Waals surface area contributed by atoms with E-state index in [0.717, 1.165) is 47.2 Å². The van der Waals surface area contributed by atoms with E-state index < -0.39 is 6.04 Å². The first kappa shape index (κ1) is 31.5. The molecule has 5 saturated heterocycles. The lowest BCUT2D eigenvalue weighted by atomic mass is 9.83. The van der Waals surface area contributed by atoms with Gasteiger partial charge in [0, 0.05) is 69.2 Å². The Hall–Kier alpha value is -3.06. The third-order valence-corrected chi connectivity index (χ3v) is 12.1. The van der Waals surface area contributed by atoms with E-state index in [1.54, 1.807) is 22.3 Å². The number of fused-ring (bicyclic) bond motifs is 4. The fourth-order valence-corrected chi connectivity index (χ4v) is 9.24. The first-order valence-corrected chi connectivity index (χ1v) is 18.0. The molecule has 2 bridgehead atoms. The number of urea groups is 2. The first-order valence-electron chi connectivity index (χ1n) is 16.7. The predicted octanol–water partition coefficient (Wildman–Crippen LogP) is 3.66. The Bertz CT molecular complexity index is 1440. The molecular weight excluding hydrogens is 624 g/mol. The molecule has 1 unspecified atom stereocenters. The normalized spacial score (nSPS) is 26.1. The number of piperidine rings is 4. The molecule has 1 aromatic carbocycles. The zero-order valence-corrected chi connectivity index (χ0v) is 28.1. The fraction of sp³-hybridized carbons (Fsp3) is 0.606. The summed E-state index contributed by atoms with van der Waals surface area (Å²) in [5.74, 6) is 0.707. The van der Waals surface area contributed by atoms with Crippen LogP contribution in [0.25, 0.3) is 0 Å². The van der Waals surface area contributed by atoms with E-state index in [-0.39, 0.29) is 24.0 Å². The predicted molar refractivity (Wildman–Crippen MR) is 181 cm³/mol. The summed E-state index contributed by atoms with van der Waals surface area (Å²) in [4.78, 5) is 52.5. The van der Waals surface area contributed by atoms with E-state index in [2.05, 4.69) is 20.4 Å². The second-order valence-corrected chi connectivity index (χ2v) is 15.0. The summed E-state index contributed by atoms with van der Waals surface area (Å²) in [7, 11) is 0. The van der Waals surface area contributed by atoms with E-state index in [0.29, 0.717) is 68.7 Å². The molecule has 248 valence electrons. The van der Waals surface area contributed by atoms with Crippen molar-refractivity contribution in [3.63, 3.8) is 0 Å². The average Bonchev–Trinajstić information content (AvgIpc) is 3.54. The molecule has 1 aromatic heterocycles. The maximum Gasteiger partial charge on any atom is 0.322 e. The van der Waals surface area contributed by atoms with Crippen LogP contribution in [-0.4, -0.2) is 119 Å². The van der Waals surface area contributed by atoms with Crippen LogP contribution in [0.1, 0.15) is 41.7 Å². The van der Waals surface area contributed by atoms with E-state index >= 15 is 0 Å². The topological polar surface area (TPSA) is 117 Å². The zero-order chi connectivity index (χ0) is 31.9. The minimum Gasteiger partial charge on any atom is -0.397 e. The van der Waals surface area contributed by atoms with Crippen molar-refractivity contribution in [3.05, 3.63) is 44.6 Å². The van der Waals surface area contributed by atoms with Crippen molar-refractivity contribution in [1.29, 1.82) is 0 Å². The van der Waals surface area contributed by atoms with Gasteiger partial charge in [0.05, 0.1) is 22.9 Å². The van der Waals surface area contributed by atoms with Crippen LogP contribution in [0.2, 0.25) is 5.02 Å². The Morgan fingerprint density at radius 2 is 1.78 bits per heavy atom. The van der Waals surface area contributed by atoms with Crippen LogP contribution >= 0.6 is 22.9 Å². The molecule has 11 nitrogen and oxygen atoms in total. The molecule has 7 heterocycles. The third-order valence-electron chi connectivity index (χ3n) is 10.9. The molecule has 0 aliphatic carbocycles. The zero-order valence-electron chi connectivity index (χ0n) is 26.5. The van der Waals surface area contributed by atoms with E-state index in [1.807, 2.05) is 34.2 Å². The molecule has 5 amide bonds. The molecule has 46 heavy (non-hydrogen) atoms. The van der Waals surface area contributed by atoms with Crippen molar-refractivity contribution in [3.8, 4) is 0 Å². The molecule has 2 aromatic rings. The monoisotopic (exact) mass is 668 g/mol. The number of nitrogens with zero attached hydrogens (tertiary/aromatic N) is 5. The number of hydrogen-bond acceptors (Lipinski definition) is 7. The van der Waals surface area contributed by atoms with Gasteiger partial charge in [-0.2, -0.15) is 0 Å². The van der Waals surface area contributed by atoms with Gasteiger partial charge in [-0.1, -0.05) is 17.7 Å². The van der Waals surface area contributed by atoms with Crippen LogP contribution < -0.4 is 16.4 Å². The molecule has 0 spiro atoms. The number of amides is 5. The van der Waals surface area contributed by atoms with Crippen LogP contribution in [0.15, 0.2) is 23.6 Å². The lowest BCUT2D eigenvalue weighted by molar-refractivity contribution is -0.136. The number of hydrogen-bond donors (Lipinski definition) is 3. The van der Waals surface area contributed by atoms with Crippen LogP contribution in [0.4, 0.5) is 21.0 Å². The second-order valence-electron chi connectivity index (χ2n) is 13.6. The van der Waals surface area contributed by atoms with Gasteiger partial charge in [0.15, 0.2) is 0 Å². The van der Waals surface area contributed by atoms with Crippen molar-refractivity contribution in [2.45, 2.75) is 63.7 Å². The Balaban J connectivity index is 0.994. The number of piperazine rings is 1. The van der Waals surface area contributed by atoms with Gasteiger partial charge >= 0.3 is 12.1 Å². The fourth-order valence-electron chi connectivity index (χ4n) is 8.13. The minimum absolute atomic E-state index is 0.0564. The van der Waals surface area contributed by atoms with E-state index in [1.165, 1.54) is 25.9 Å². The molecule has 0 radical (unpaired) electrons. The van der Waals surface area contributed by atoms with Gasteiger partial charge in [-0.15, -0.1) is 11.3 Å². The van der Waals surface area contributed by atoms with Gasteiger partial charge < -0.3 is 36.0 Å². The van der Waals surface area contributed by atoms with Crippen LogP contribution in [0, 0.1) is 12.8 Å². The van der Waals surface area contributed by atoms with E-state index in [4.69, 9.17) is 17.3 Å². The summed E-state index contributed by atoms with van der Waals surface area (Å²) in [5.41, 5.74) is 9.25. The Kier molecular flexibility index (Phi) is 9.06. The number of aryl methyl sites for hydroxylation is 1. The van der Waals surface area contributed by atoms with Crippen molar-refractivity contribution in [2.75, 3.05) is 70.0 Å². The number of nitrogen functional groups attached to an aromatic ring is 1. The van der Waals surface area contributed by atoms with E-state index in [9.17, 15) is 14.4 Å². The van der Waals surface area contributed by atoms with Gasteiger partial charge in [-0.25, -0.2) is 9.59 Å². The van der Waals surface area contributed by atoms with Crippen molar-refractivity contribution < 1.29 is 14.4 Å². The summed E-state index contributed by atoms with van der Waals surface area (Å²) >= 11 is 8.08. The summed E-state index contributed by atoms with van der Waals surface area (Å²) in [6.07, 6.45) is 4.26. The van der Waals surface area contributed by atoms with Gasteiger partial charge in [-0.3, -0.25) is 9.69 Å². The number of thiophene rings is 1. The Morgan fingerprint density at radius 1 is 1.04 bits per heavy atom. The van der Waals surface area contributed by atoms with Gasteiger partial charge in [0.25, 0.3) is 0 Å². The summed E-state index contributed by atoms with van der Waals surface area (Å²) in [6.45, 7) is 10.2. The average molecular weight is 669 g/mol. The number of benzene rings is 1. The van der Waals surface area contributed by atoms with Gasteiger partial charge in [0.1, 0.15) is 6.04 Å². The highest BCUT2D eigenvalue weighted by atomic mass is 35.5. The quantitative estimate of drug-likeness (QED) is 0.405. The highest BCUT2D eigenvalue weighted by molar-refractivity contribution is 7.10. The molecule has 6 aliphatic rings. The number of anilines is 2. The van der Waals surface area contributed by atoms with Crippen LogP contribution in [0.3, 0.4) is 0 Å². The van der Waals surface area contributed by atoms with Crippen molar-refractivity contribution in [2.24, 2.45) is 5.92 Å². The molecule has 0 saturated carbocycles. The molecular formula is C33H45ClN8O3S. The van der Waals surface area contributed by atoms with Gasteiger partial charge in [-0.05, 0) is 80.3 Å². The first-order chi connectivity index (χ1) is 22.2. The maximum absolute atomic E-state index is 14.1. The third kappa shape index (κ3) is 6.41. The van der Waals surface area contributed by atoms with Crippen LogP contribution in [0.5, 0.6) is 0 Å². The highest BCUT2D eigenvalue weighted by Gasteiger charge is 2.40. The lowest BCUT2D eigenvalue weighted by Gasteiger charge is -2.51. The number of nitrogens with one attached hydrogen (secondary N) is 2. The molecule has 4 N–H and O–H groups in total. The standard InChI is InChI=1S/C33H45ClN8O3S/c1-21-16-22(17-25(34)30(21)35)18-27(31(43)40-13-11-39(12-14-40)28-19-38-7-2-23(28)3-8-38)37-32(44)41-9-4-24(5-10-41)42-20-29-26(6-15-46-29)36-33(42)45/h6,15-17,23-24,27-28H,2-5,7-14,18-20,35H2,1H3,(H,36,45)(H,37,44)/t27-,28?/m1/s1. The molecule has 8 rings (SSSR count). The highest BCUT2D eigenvalue weighted by Crippen LogP contribution is 2.33. The summed E-state index contributed by atoms with van der Waals surface area (Å²) in [5, 5.41) is 8.55. The maximum atomic E-state index is 14.1. The number of rotatable bonds is 6.